The second-order valence-electron chi connectivity index (χ2n) is 5.93. The van der Waals surface area contributed by atoms with E-state index in [0.717, 1.165) is 0 Å². The van der Waals surface area contributed by atoms with E-state index in [1.807, 2.05) is 0 Å². The Kier molecular flexibility index (Phi) is 3.62. The molecule has 7 heteroatoms. The van der Waals surface area contributed by atoms with Crippen LogP contribution in [0.3, 0.4) is 0 Å². The lowest BCUT2D eigenvalue weighted by molar-refractivity contribution is 0.413. The average Bonchev–Trinajstić information content (AvgIpc) is 2.64. The van der Waals surface area contributed by atoms with E-state index >= 15 is 0 Å². The van der Waals surface area contributed by atoms with Gasteiger partial charge in [0.25, 0.3) is 10.0 Å². The fourth-order valence-corrected chi connectivity index (χ4v) is 4.82. The van der Waals surface area contributed by atoms with Gasteiger partial charge in [0.15, 0.2) is 0 Å². The van der Waals surface area contributed by atoms with E-state index in [0.29, 0.717) is 33.5 Å². The predicted octanol–water partition coefficient (Wildman–Crippen LogP) is 3.02. The minimum absolute atomic E-state index is 0.143. The third kappa shape index (κ3) is 2.40. The van der Waals surface area contributed by atoms with Crippen molar-refractivity contribution >= 4 is 32.3 Å². The lowest BCUT2D eigenvalue weighted by Gasteiger charge is -2.31. The minimum Gasteiger partial charge on any atom is -0.496 e. The highest BCUT2D eigenvalue weighted by Crippen LogP contribution is 2.37. The second kappa shape index (κ2) is 5.74. The summed E-state index contributed by atoms with van der Waals surface area (Å²) in [5.41, 5.74) is 1.58. The average molecular weight is 369 g/mol. The van der Waals surface area contributed by atoms with Crippen LogP contribution in [0.1, 0.15) is 5.56 Å². The van der Waals surface area contributed by atoms with Crippen LogP contribution in [0, 0.1) is 0 Å². The van der Waals surface area contributed by atoms with E-state index in [1.165, 1.54) is 17.5 Å². The van der Waals surface area contributed by atoms with Gasteiger partial charge in [0, 0.05) is 0 Å². The number of nitrogens with zero attached hydrogens (tertiary/aromatic N) is 1. The van der Waals surface area contributed by atoms with Crippen molar-refractivity contribution in [3.8, 4) is 5.75 Å². The summed E-state index contributed by atoms with van der Waals surface area (Å²) in [5, 5.41) is 0.518. The maximum Gasteiger partial charge on any atom is 0.339 e. The Balaban J connectivity index is 1.92. The normalized spacial score (nSPS) is 15.7. The molecule has 1 aromatic heterocycles. The zero-order valence-corrected chi connectivity index (χ0v) is 14.7. The van der Waals surface area contributed by atoms with Crippen LogP contribution in [0.4, 0.5) is 5.69 Å². The summed E-state index contributed by atoms with van der Waals surface area (Å²) < 4.78 is 37.8. The van der Waals surface area contributed by atoms with Gasteiger partial charge in [-0.2, -0.15) is 0 Å². The Morgan fingerprint density at radius 3 is 2.69 bits per heavy atom. The molecule has 6 nitrogen and oxygen atoms in total. The van der Waals surface area contributed by atoms with Crippen LogP contribution in [-0.2, 0) is 10.0 Å². The lowest BCUT2D eigenvalue weighted by atomic mass is 10.1. The van der Waals surface area contributed by atoms with E-state index in [-0.39, 0.29) is 11.4 Å². The highest BCUT2D eigenvalue weighted by atomic mass is 32.2. The third-order valence-electron chi connectivity index (χ3n) is 4.37. The molecule has 0 spiro atoms. The van der Waals surface area contributed by atoms with E-state index in [1.54, 1.807) is 42.5 Å². The summed E-state index contributed by atoms with van der Waals surface area (Å²) in [4.78, 5) is 11.8. The van der Waals surface area contributed by atoms with Gasteiger partial charge in [0.05, 0.1) is 35.7 Å². The summed E-state index contributed by atoms with van der Waals surface area (Å²) in [6.07, 6.45) is 0. The van der Waals surface area contributed by atoms with Crippen LogP contribution in [0.2, 0.25) is 0 Å². The minimum atomic E-state index is -3.73. The van der Waals surface area contributed by atoms with E-state index in [2.05, 4.69) is 6.58 Å². The molecular formula is C19H15NO5S. The van der Waals surface area contributed by atoms with Crippen LogP contribution in [0.5, 0.6) is 5.75 Å². The number of hydrogen-bond donors (Lipinski definition) is 0. The van der Waals surface area contributed by atoms with Crippen molar-refractivity contribution < 1.29 is 17.6 Å². The Labute approximate surface area is 150 Å². The SMILES string of the molecule is C=C1CN(c2ccc3oc(=O)cc(OC)c3c2)S(=O)(=O)c2ccccc21. The lowest BCUT2D eigenvalue weighted by Crippen LogP contribution is -2.36. The summed E-state index contributed by atoms with van der Waals surface area (Å²) >= 11 is 0. The van der Waals surface area contributed by atoms with Gasteiger partial charge in [-0.15, -0.1) is 0 Å². The summed E-state index contributed by atoms with van der Waals surface area (Å²) in [6.45, 7) is 4.16. The molecule has 0 saturated heterocycles. The predicted molar refractivity (Wildman–Crippen MR) is 99.0 cm³/mol. The van der Waals surface area contributed by atoms with Crippen molar-refractivity contribution in [1.82, 2.24) is 0 Å². The molecule has 3 aromatic rings. The Hall–Kier alpha value is -3.06. The van der Waals surface area contributed by atoms with Crippen LogP contribution < -0.4 is 14.7 Å². The summed E-state index contributed by atoms with van der Waals surface area (Å²) in [5.74, 6) is 0.326. The van der Waals surface area contributed by atoms with Crippen molar-refractivity contribution in [2.45, 2.75) is 4.90 Å². The van der Waals surface area contributed by atoms with Gasteiger partial charge in [-0.25, -0.2) is 13.2 Å². The number of anilines is 1. The first-order valence-corrected chi connectivity index (χ1v) is 9.27. The maximum atomic E-state index is 13.1. The van der Waals surface area contributed by atoms with Crippen LogP contribution in [0.25, 0.3) is 16.5 Å². The molecule has 0 bridgehead atoms. The Morgan fingerprint density at radius 1 is 1.15 bits per heavy atom. The molecule has 1 aliphatic heterocycles. The molecule has 1 aliphatic rings. The fraction of sp³-hybridized carbons (Fsp3) is 0.105. The van der Waals surface area contributed by atoms with Crippen molar-refractivity contribution in [1.29, 1.82) is 0 Å². The molecule has 2 heterocycles. The monoisotopic (exact) mass is 369 g/mol. The number of rotatable bonds is 2. The molecule has 4 rings (SSSR count). The number of fused-ring (bicyclic) bond motifs is 2. The first kappa shape index (κ1) is 16.4. The summed E-state index contributed by atoms with van der Waals surface area (Å²) in [6, 6.07) is 12.8. The van der Waals surface area contributed by atoms with Crippen molar-refractivity contribution in [3.63, 3.8) is 0 Å². The molecular weight excluding hydrogens is 354 g/mol. The first-order valence-electron chi connectivity index (χ1n) is 7.83. The zero-order chi connectivity index (χ0) is 18.5. The number of methoxy groups -OCH3 is 1. The molecule has 0 amide bonds. The topological polar surface area (TPSA) is 76.8 Å². The molecule has 0 unspecified atom stereocenters. The molecule has 0 atom stereocenters. The molecule has 0 radical (unpaired) electrons. The third-order valence-corrected chi connectivity index (χ3v) is 6.20. The molecule has 26 heavy (non-hydrogen) atoms. The molecule has 132 valence electrons. The Morgan fingerprint density at radius 2 is 1.92 bits per heavy atom. The Bertz CT molecular complexity index is 1210. The molecule has 0 fully saturated rings. The number of benzene rings is 2. The van der Waals surface area contributed by atoms with Crippen molar-refractivity contribution in [3.05, 3.63) is 71.1 Å². The summed E-state index contributed by atoms with van der Waals surface area (Å²) in [7, 11) is -2.28. The highest BCUT2D eigenvalue weighted by Gasteiger charge is 2.33. The number of ether oxygens (including phenoxy) is 1. The van der Waals surface area contributed by atoms with Gasteiger partial charge in [-0.05, 0) is 35.4 Å². The van der Waals surface area contributed by atoms with E-state index in [4.69, 9.17) is 9.15 Å². The molecule has 0 saturated carbocycles. The van der Waals surface area contributed by atoms with Crippen LogP contribution in [-0.4, -0.2) is 22.1 Å². The molecule has 0 N–H and O–H groups in total. The quantitative estimate of drug-likeness (QED) is 0.649. The second-order valence-corrected chi connectivity index (χ2v) is 7.76. The van der Waals surface area contributed by atoms with Gasteiger partial charge in [0.2, 0.25) is 0 Å². The van der Waals surface area contributed by atoms with Crippen molar-refractivity contribution in [2.24, 2.45) is 0 Å². The highest BCUT2D eigenvalue weighted by molar-refractivity contribution is 7.93. The zero-order valence-electron chi connectivity index (χ0n) is 13.9. The van der Waals surface area contributed by atoms with Gasteiger partial charge in [-0.1, -0.05) is 24.8 Å². The van der Waals surface area contributed by atoms with E-state index < -0.39 is 15.6 Å². The first-order chi connectivity index (χ1) is 12.4. The van der Waals surface area contributed by atoms with Crippen LogP contribution in [0.15, 0.2) is 69.2 Å². The smallest absolute Gasteiger partial charge is 0.339 e. The van der Waals surface area contributed by atoms with Crippen LogP contribution >= 0.6 is 0 Å². The largest absolute Gasteiger partial charge is 0.496 e. The fourth-order valence-electron chi connectivity index (χ4n) is 3.12. The maximum absolute atomic E-state index is 13.1. The number of sulfonamides is 1. The molecule has 0 aliphatic carbocycles. The van der Waals surface area contributed by atoms with Gasteiger partial charge in [-0.3, -0.25) is 4.31 Å². The van der Waals surface area contributed by atoms with Crippen molar-refractivity contribution in [2.75, 3.05) is 18.0 Å². The van der Waals surface area contributed by atoms with Gasteiger partial charge in [0.1, 0.15) is 11.3 Å². The number of hydrogen-bond acceptors (Lipinski definition) is 5. The van der Waals surface area contributed by atoms with Gasteiger partial charge >= 0.3 is 5.63 Å². The standard InChI is InChI=1S/C19H15NO5S/c1-12-11-20(26(22,23)18-6-4-3-5-14(12)18)13-7-8-16-15(9-13)17(24-2)10-19(21)25-16/h3-10H,1,11H2,2H3. The van der Waals surface area contributed by atoms with E-state index in [9.17, 15) is 13.2 Å². The van der Waals surface area contributed by atoms with Gasteiger partial charge < -0.3 is 9.15 Å². The molecule has 2 aromatic carbocycles.